The zero-order valence-electron chi connectivity index (χ0n) is 14.0. The summed E-state index contributed by atoms with van der Waals surface area (Å²) in [6.45, 7) is 0.835. The van der Waals surface area contributed by atoms with Gasteiger partial charge >= 0.3 is 0 Å². The van der Waals surface area contributed by atoms with Crippen LogP contribution in [-0.2, 0) is 15.3 Å². The lowest BCUT2D eigenvalue weighted by Crippen LogP contribution is -2.40. The third-order valence-corrected chi connectivity index (χ3v) is 7.55. The largest absolute Gasteiger partial charge is 0.382 e. The highest BCUT2D eigenvalue weighted by molar-refractivity contribution is 7.91. The SMILES string of the molecule is O=S1(=O)CCC(n2cc(NCC3(c4cccc(Cl)c4)CCC3)cn2)C1. The first kappa shape index (κ1) is 16.9. The first-order chi connectivity index (χ1) is 12.0. The molecule has 1 aromatic heterocycles. The Morgan fingerprint density at radius 1 is 1.36 bits per heavy atom. The molecule has 2 aromatic rings. The Kier molecular flexibility index (Phi) is 4.28. The maximum Gasteiger partial charge on any atom is 0.152 e. The molecule has 5 nitrogen and oxygen atoms in total. The Morgan fingerprint density at radius 3 is 2.84 bits per heavy atom. The molecule has 0 amide bonds. The first-order valence-corrected chi connectivity index (χ1v) is 10.9. The molecular formula is C18H22ClN3O2S. The monoisotopic (exact) mass is 379 g/mol. The maximum absolute atomic E-state index is 11.6. The van der Waals surface area contributed by atoms with Crippen molar-refractivity contribution in [2.45, 2.75) is 37.1 Å². The van der Waals surface area contributed by atoms with Gasteiger partial charge in [0, 0.05) is 23.2 Å². The molecule has 4 rings (SSSR count). The predicted octanol–water partition coefficient (Wildman–Crippen LogP) is 3.43. The van der Waals surface area contributed by atoms with Gasteiger partial charge in [-0.25, -0.2) is 8.42 Å². The molecule has 1 aromatic carbocycles. The van der Waals surface area contributed by atoms with Gasteiger partial charge in [0.05, 0.1) is 29.4 Å². The van der Waals surface area contributed by atoms with E-state index in [0.29, 0.717) is 6.42 Å². The molecule has 2 aliphatic rings. The van der Waals surface area contributed by atoms with Crippen LogP contribution in [0.3, 0.4) is 0 Å². The average molecular weight is 380 g/mol. The summed E-state index contributed by atoms with van der Waals surface area (Å²) in [6.07, 6.45) is 7.89. The highest BCUT2D eigenvalue weighted by atomic mass is 35.5. The van der Waals surface area contributed by atoms with Gasteiger partial charge in [-0.05, 0) is 37.0 Å². The molecule has 0 radical (unpaired) electrons. The summed E-state index contributed by atoms with van der Waals surface area (Å²) >= 11 is 6.17. The van der Waals surface area contributed by atoms with Gasteiger partial charge in [0.2, 0.25) is 0 Å². The first-order valence-electron chi connectivity index (χ1n) is 8.70. The van der Waals surface area contributed by atoms with Crippen molar-refractivity contribution in [2.24, 2.45) is 0 Å². The molecule has 1 saturated heterocycles. The molecule has 1 N–H and O–H groups in total. The number of halogens is 1. The normalized spacial score (nSPS) is 24.0. The van der Waals surface area contributed by atoms with Crippen molar-refractivity contribution in [1.29, 1.82) is 0 Å². The number of nitrogens with one attached hydrogen (secondary N) is 1. The third kappa shape index (κ3) is 3.42. The lowest BCUT2D eigenvalue weighted by atomic mass is 9.64. The summed E-state index contributed by atoms with van der Waals surface area (Å²) in [7, 11) is -2.90. The van der Waals surface area contributed by atoms with E-state index in [2.05, 4.69) is 22.5 Å². The van der Waals surface area contributed by atoms with E-state index in [4.69, 9.17) is 11.6 Å². The van der Waals surface area contributed by atoms with Gasteiger partial charge in [0.25, 0.3) is 0 Å². The van der Waals surface area contributed by atoms with Gasteiger partial charge in [-0.3, -0.25) is 4.68 Å². The van der Waals surface area contributed by atoms with E-state index in [1.165, 1.54) is 12.0 Å². The van der Waals surface area contributed by atoms with Crippen LogP contribution in [-0.4, -0.2) is 36.2 Å². The van der Waals surface area contributed by atoms with Crippen LogP contribution in [0, 0.1) is 0 Å². The fraction of sp³-hybridized carbons (Fsp3) is 0.500. The smallest absolute Gasteiger partial charge is 0.152 e. The Balaban J connectivity index is 1.44. The zero-order valence-corrected chi connectivity index (χ0v) is 15.6. The van der Waals surface area contributed by atoms with Crippen LogP contribution in [0.15, 0.2) is 36.7 Å². The number of benzene rings is 1. The molecular weight excluding hydrogens is 358 g/mol. The van der Waals surface area contributed by atoms with Crippen LogP contribution in [0.25, 0.3) is 0 Å². The summed E-state index contributed by atoms with van der Waals surface area (Å²) in [5, 5.41) is 8.63. The van der Waals surface area contributed by atoms with Crippen molar-refractivity contribution in [1.82, 2.24) is 9.78 Å². The molecule has 1 atom stereocenters. The van der Waals surface area contributed by atoms with E-state index in [9.17, 15) is 8.42 Å². The van der Waals surface area contributed by atoms with E-state index < -0.39 is 9.84 Å². The Hall–Kier alpha value is -1.53. The van der Waals surface area contributed by atoms with E-state index >= 15 is 0 Å². The molecule has 2 heterocycles. The summed E-state index contributed by atoms with van der Waals surface area (Å²) < 4.78 is 25.1. The number of anilines is 1. The third-order valence-electron chi connectivity index (χ3n) is 5.56. The summed E-state index contributed by atoms with van der Waals surface area (Å²) in [5.74, 6) is 0.457. The quantitative estimate of drug-likeness (QED) is 0.864. The standard InChI is InChI=1S/C18H22ClN3O2S/c19-15-4-1-3-14(9-15)18(6-2-7-18)13-20-16-10-21-22(11-16)17-5-8-25(23,24)12-17/h1,3-4,9-11,17,20H,2,5-8,12-13H2. The Morgan fingerprint density at radius 2 is 2.20 bits per heavy atom. The van der Waals surface area contributed by atoms with Gasteiger partial charge < -0.3 is 5.32 Å². The van der Waals surface area contributed by atoms with Gasteiger partial charge in [0.1, 0.15) is 0 Å². The van der Waals surface area contributed by atoms with E-state index in [-0.39, 0.29) is 23.0 Å². The molecule has 0 spiro atoms. The highest BCUT2D eigenvalue weighted by Gasteiger charge is 2.38. The van der Waals surface area contributed by atoms with Crippen LogP contribution in [0.4, 0.5) is 5.69 Å². The molecule has 7 heteroatoms. The lowest BCUT2D eigenvalue weighted by molar-refractivity contribution is 0.260. The predicted molar refractivity (Wildman–Crippen MR) is 100 cm³/mol. The van der Waals surface area contributed by atoms with Crippen molar-refractivity contribution >= 4 is 27.1 Å². The van der Waals surface area contributed by atoms with Gasteiger partial charge in [-0.2, -0.15) is 5.10 Å². The van der Waals surface area contributed by atoms with Crippen molar-refractivity contribution in [2.75, 3.05) is 23.4 Å². The Labute approximate surface area is 153 Å². The van der Waals surface area contributed by atoms with E-state index in [1.807, 2.05) is 18.3 Å². The minimum absolute atomic E-state index is 0.0360. The number of rotatable bonds is 5. The van der Waals surface area contributed by atoms with Crippen molar-refractivity contribution in [3.63, 3.8) is 0 Å². The lowest BCUT2D eigenvalue weighted by Gasteiger charge is -2.42. The Bertz CT molecular complexity index is 874. The number of aromatic nitrogens is 2. The summed E-state index contributed by atoms with van der Waals surface area (Å²) in [5.41, 5.74) is 2.36. The molecule has 134 valence electrons. The van der Waals surface area contributed by atoms with Crippen LogP contribution < -0.4 is 5.32 Å². The second-order valence-corrected chi connectivity index (χ2v) is 9.93. The molecule has 0 bridgehead atoms. The van der Waals surface area contributed by atoms with Crippen molar-refractivity contribution in [3.05, 3.63) is 47.2 Å². The van der Waals surface area contributed by atoms with Crippen molar-refractivity contribution < 1.29 is 8.42 Å². The van der Waals surface area contributed by atoms with Gasteiger partial charge in [-0.1, -0.05) is 30.2 Å². The van der Waals surface area contributed by atoms with Crippen LogP contribution in [0.2, 0.25) is 5.02 Å². The topological polar surface area (TPSA) is 64.0 Å². The van der Waals surface area contributed by atoms with Gasteiger partial charge in [-0.15, -0.1) is 0 Å². The fourth-order valence-corrected chi connectivity index (χ4v) is 5.77. The zero-order chi connectivity index (χ0) is 17.5. The maximum atomic E-state index is 11.6. The van der Waals surface area contributed by atoms with Crippen LogP contribution in [0.5, 0.6) is 0 Å². The molecule has 1 saturated carbocycles. The number of hydrogen-bond donors (Lipinski definition) is 1. The summed E-state index contributed by atoms with van der Waals surface area (Å²) in [6, 6.07) is 8.10. The van der Waals surface area contributed by atoms with Crippen LogP contribution in [0.1, 0.15) is 37.3 Å². The second-order valence-electron chi connectivity index (χ2n) is 7.26. The van der Waals surface area contributed by atoms with E-state index in [1.54, 1.807) is 10.9 Å². The molecule has 1 aliphatic heterocycles. The van der Waals surface area contributed by atoms with E-state index in [0.717, 1.165) is 30.1 Å². The molecule has 1 unspecified atom stereocenters. The number of nitrogens with zero attached hydrogens (tertiary/aromatic N) is 2. The molecule has 2 fully saturated rings. The van der Waals surface area contributed by atoms with Gasteiger partial charge in [0.15, 0.2) is 9.84 Å². The molecule has 1 aliphatic carbocycles. The highest BCUT2D eigenvalue weighted by Crippen LogP contribution is 2.44. The molecule has 25 heavy (non-hydrogen) atoms. The minimum Gasteiger partial charge on any atom is -0.382 e. The number of hydrogen-bond acceptors (Lipinski definition) is 4. The van der Waals surface area contributed by atoms with Crippen LogP contribution >= 0.6 is 11.6 Å². The average Bonchev–Trinajstić information content (AvgIpc) is 3.12. The fourth-order valence-electron chi connectivity index (χ4n) is 3.87. The number of sulfone groups is 1. The second kappa shape index (κ2) is 6.32. The minimum atomic E-state index is -2.90. The van der Waals surface area contributed by atoms with Crippen molar-refractivity contribution in [3.8, 4) is 0 Å². The summed E-state index contributed by atoms with van der Waals surface area (Å²) in [4.78, 5) is 0.